The van der Waals surface area contributed by atoms with Crippen LogP contribution < -0.4 is 4.74 Å². The van der Waals surface area contributed by atoms with Crippen molar-refractivity contribution in [2.45, 2.75) is 24.9 Å². The van der Waals surface area contributed by atoms with Crippen LogP contribution in [-0.2, 0) is 0 Å². The lowest BCUT2D eigenvalue weighted by Crippen LogP contribution is -2.04. The molecule has 0 unspecified atom stereocenters. The van der Waals surface area contributed by atoms with E-state index in [1.165, 1.54) is 18.2 Å². The molecule has 82 valence electrons. The van der Waals surface area contributed by atoms with Gasteiger partial charge < -0.3 is 4.74 Å². The fraction of sp³-hybridized carbons (Fsp3) is 0.300. The molecule has 0 saturated heterocycles. The second-order valence-corrected chi connectivity index (χ2v) is 3.39. The second-order valence-electron chi connectivity index (χ2n) is 2.87. The lowest BCUT2D eigenvalue weighted by atomic mass is 10.1. The molecule has 15 heavy (non-hydrogen) atoms. The van der Waals surface area contributed by atoms with Gasteiger partial charge in [-0.15, -0.1) is 12.6 Å². The summed E-state index contributed by atoms with van der Waals surface area (Å²) in [4.78, 5) is 11.7. The first kappa shape index (κ1) is 12.0. The minimum absolute atomic E-state index is 0.0469. The number of benzene rings is 1. The predicted octanol–water partition coefficient (Wildman–Crippen LogP) is 3.17. The number of carbonyl (C=O) groups excluding carboxylic acids is 1. The summed E-state index contributed by atoms with van der Waals surface area (Å²) in [6, 6.07) is 4.15. The van der Waals surface area contributed by atoms with Crippen LogP contribution in [0.15, 0.2) is 23.1 Å². The Labute approximate surface area is 91.7 Å². The van der Waals surface area contributed by atoms with Gasteiger partial charge in [-0.1, -0.05) is 6.92 Å². The van der Waals surface area contributed by atoms with Crippen molar-refractivity contribution in [3.05, 3.63) is 23.8 Å². The number of hydrogen-bond donors (Lipinski definition) is 1. The minimum Gasteiger partial charge on any atom is -0.435 e. The smallest absolute Gasteiger partial charge is 0.387 e. The normalized spacial score (nSPS) is 10.5. The number of ketones is 1. The highest BCUT2D eigenvalue weighted by atomic mass is 32.1. The first-order valence-electron chi connectivity index (χ1n) is 4.35. The number of Topliss-reactive ketones (excluding diaryl/α,β-unsaturated/α-hetero) is 1. The van der Waals surface area contributed by atoms with E-state index < -0.39 is 6.61 Å². The number of hydrogen-bond acceptors (Lipinski definition) is 3. The molecule has 0 bridgehead atoms. The molecule has 0 atom stereocenters. The SMILES string of the molecule is CCC(=O)c1cc(S)cc(OC(F)F)c1. The fourth-order valence-electron chi connectivity index (χ4n) is 1.12. The van der Waals surface area contributed by atoms with E-state index in [-0.39, 0.29) is 11.5 Å². The van der Waals surface area contributed by atoms with Crippen molar-refractivity contribution in [2.75, 3.05) is 0 Å². The van der Waals surface area contributed by atoms with Gasteiger partial charge in [-0.2, -0.15) is 8.78 Å². The van der Waals surface area contributed by atoms with Crippen molar-refractivity contribution < 1.29 is 18.3 Å². The van der Waals surface area contributed by atoms with Crippen molar-refractivity contribution in [3.8, 4) is 5.75 Å². The molecule has 5 heteroatoms. The summed E-state index contributed by atoms with van der Waals surface area (Å²) < 4.78 is 28.1. The van der Waals surface area contributed by atoms with Gasteiger partial charge in [0.2, 0.25) is 0 Å². The van der Waals surface area contributed by atoms with Gasteiger partial charge in [-0.25, -0.2) is 0 Å². The Morgan fingerprint density at radius 1 is 1.47 bits per heavy atom. The van der Waals surface area contributed by atoms with Crippen molar-refractivity contribution >= 4 is 18.4 Å². The van der Waals surface area contributed by atoms with Crippen LogP contribution >= 0.6 is 12.6 Å². The average Bonchev–Trinajstić information content (AvgIpc) is 2.14. The van der Waals surface area contributed by atoms with Crippen molar-refractivity contribution in [1.29, 1.82) is 0 Å². The van der Waals surface area contributed by atoms with Gasteiger partial charge in [0, 0.05) is 16.9 Å². The highest BCUT2D eigenvalue weighted by Crippen LogP contribution is 2.22. The number of rotatable bonds is 4. The van der Waals surface area contributed by atoms with E-state index in [9.17, 15) is 13.6 Å². The van der Waals surface area contributed by atoms with Gasteiger partial charge in [0.1, 0.15) is 5.75 Å². The number of halogens is 2. The molecule has 1 aromatic rings. The van der Waals surface area contributed by atoms with E-state index in [1.807, 2.05) is 0 Å². The molecule has 0 amide bonds. The third kappa shape index (κ3) is 3.51. The standard InChI is InChI=1S/C10H10F2O2S/c1-2-9(13)6-3-7(14-10(11)12)5-8(15)4-6/h3-5,10,15H,2H2,1H3. The Morgan fingerprint density at radius 2 is 2.13 bits per heavy atom. The van der Waals surface area contributed by atoms with Gasteiger partial charge in [-0.05, 0) is 18.2 Å². The highest BCUT2D eigenvalue weighted by molar-refractivity contribution is 7.80. The molecule has 0 aromatic heterocycles. The van der Waals surface area contributed by atoms with Crippen LogP contribution in [0, 0.1) is 0 Å². The maximum absolute atomic E-state index is 11.9. The summed E-state index contributed by atoms with van der Waals surface area (Å²) in [6.07, 6.45) is 0.311. The zero-order chi connectivity index (χ0) is 11.4. The summed E-state index contributed by atoms with van der Waals surface area (Å²) >= 11 is 4.00. The third-order valence-corrected chi connectivity index (χ3v) is 2.02. The van der Waals surface area contributed by atoms with Crippen molar-refractivity contribution in [2.24, 2.45) is 0 Å². The van der Waals surface area contributed by atoms with Crippen LogP contribution in [-0.4, -0.2) is 12.4 Å². The van der Waals surface area contributed by atoms with Crippen molar-refractivity contribution in [1.82, 2.24) is 0 Å². The lowest BCUT2D eigenvalue weighted by molar-refractivity contribution is -0.0500. The summed E-state index contributed by atoms with van der Waals surface area (Å²) in [7, 11) is 0. The van der Waals surface area contributed by atoms with E-state index in [2.05, 4.69) is 17.4 Å². The molecule has 0 saturated carbocycles. The molecule has 0 radical (unpaired) electrons. The Morgan fingerprint density at radius 3 is 2.67 bits per heavy atom. The molecule has 2 nitrogen and oxygen atoms in total. The zero-order valence-corrected chi connectivity index (χ0v) is 8.93. The topological polar surface area (TPSA) is 26.3 Å². The molecule has 0 aliphatic heterocycles. The molecule has 1 rings (SSSR count). The van der Waals surface area contributed by atoms with Gasteiger partial charge in [0.25, 0.3) is 0 Å². The first-order valence-corrected chi connectivity index (χ1v) is 4.79. The fourth-order valence-corrected chi connectivity index (χ4v) is 1.39. The summed E-state index contributed by atoms with van der Waals surface area (Å²) in [5.74, 6) is -0.181. The number of ether oxygens (including phenoxy) is 1. The summed E-state index contributed by atoms with van der Waals surface area (Å²) in [5.41, 5.74) is 0.334. The molecular weight excluding hydrogens is 222 g/mol. The van der Waals surface area contributed by atoms with Crippen LogP contribution in [0.4, 0.5) is 8.78 Å². The largest absolute Gasteiger partial charge is 0.435 e. The maximum atomic E-state index is 11.9. The minimum atomic E-state index is -2.90. The number of thiol groups is 1. The molecule has 1 aromatic carbocycles. The van der Waals surface area contributed by atoms with Gasteiger partial charge >= 0.3 is 6.61 Å². The van der Waals surface area contributed by atoms with Crippen LogP contribution in [0.3, 0.4) is 0 Å². The van der Waals surface area contributed by atoms with Gasteiger partial charge in [-0.3, -0.25) is 4.79 Å². The second kappa shape index (κ2) is 5.11. The maximum Gasteiger partial charge on any atom is 0.387 e. The Kier molecular flexibility index (Phi) is 4.08. The average molecular weight is 232 g/mol. The summed E-state index contributed by atoms with van der Waals surface area (Å²) in [5, 5.41) is 0. The van der Waals surface area contributed by atoms with Crippen LogP contribution in [0.5, 0.6) is 5.75 Å². The van der Waals surface area contributed by atoms with Crippen LogP contribution in [0.25, 0.3) is 0 Å². The van der Waals surface area contributed by atoms with E-state index in [1.54, 1.807) is 6.92 Å². The molecule has 0 aliphatic carbocycles. The molecule has 0 heterocycles. The van der Waals surface area contributed by atoms with E-state index in [0.717, 1.165) is 0 Å². The van der Waals surface area contributed by atoms with Crippen molar-refractivity contribution in [3.63, 3.8) is 0 Å². The number of carbonyl (C=O) groups is 1. The predicted molar refractivity (Wildman–Crippen MR) is 54.9 cm³/mol. The quantitative estimate of drug-likeness (QED) is 0.637. The van der Waals surface area contributed by atoms with Gasteiger partial charge in [0.05, 0.1) is 0 Å². The lowest BCUT2D eigenvalue weighted by Gasteiger charge is -2.07. The third-order valence-electron chi connectivity index (χ3n) is 1.76. The van der Waals surface area contributed by atoms with Crippen LogP contribution in [0.2, 0.25) is 0 Å². The highest BCUT2D eigenvalue weighted by Gasteiger charge is 2.09. The Hall–Kier alpha value is -1.10. The molecule has 0 aliphatic rings. The number of alkyl halides is 2. The van der Waals surface area contributed by atoms with E-state index >= 15 is 0 Å². The molecular formula is C10H10F2O2S. The Bertz CT molecular complexity index is 366. The zero-order valence-electron chi connectivity index (χ0n) is 8.04. The van der Waals surface area contributed by atoms with E-state index in [4.69, 9.17) is 0 Å². The Balaban J connectivity index is 2.99. The van der Waals surface area contributed by atoms with Crippen LogP contribution in [0.1, 0.15) is 23.7 Å². The summed E-state index contributed by atoms with van der Waals surface area (Å²) in [6.45, 7) is -1.20. The van der Waals surface area contributed by atoms with E-state index in [0.29, 0.717) is 16.9 Å². The molecule has 0 N–H and O–H groups in total. The van der Waals surface area contributed by atoms with Gasteiger partial charge in [0.15, 0.2) is 5.78 Å². The molecule has 0 spiro atoms. The monoisotopic (exact) mass is 232 g/mol. The molecule has 0 fully saturated rings. The first-order chi connectivity index (χ1) is 7.02.